The number of aromatic amines is 1. The van der Waals surface area contributed by atoms with Crippen molar-refractivity contribution in [1.82, 2.24) is 24.8 Å². The topological polar surface area (TPSA) is 121 Å². The Kier molecular flexibility index (Phi) is 3.81. The fourth-order valence-corrected chi connectivity index (χ4v) is 3.32. The van der Waals surface area contributed by atoms with Gasteiger partial charge in [-0.25, -0.2) is 9.97 Å². The van der Waals surface area contributed by atoms with Crippen LogP contribution in [0.4, 0.5) is 5.95 Å². The number of hydrogen-bond donors (Lipinski definition) is 3. The zero-order valence-corrected chi connectivity index (χ0v) is 13.5. The van der Waals surface area contributed by atoms with Crippen LogP contribution in [0.1, 0.15) is 23.2 Å². The van der Waals surface area contributed by atoms with Crippen molar-refractivity contribution in [3.8, 4) is 11.3 Å². The zero-order chi connectivity index (χ0) is 17.4. The summed E-state index contributed by atoms with van der Waals surface area (Å²) in [7, 11) is 0. The number of H-pyrrole nitrogens is 1. The molecule has 1 amide bonds. The van der Waals surface area contributed by atoms with E-state index in [0.29, 0.717) is 29.0 Å². The van der Waals surface area contributed by atoms with Gasteiger partial charge in [-0.3, -0.25) is 4.79 Å². The van der Waals surface area contributed by atoms with Crippen molar-refractivity contribution in [1.29, 1.82) is 0 Å². The quantitative estimate of drug-likeness (QED) is 0.660. The molecule has 1 atom stereocenters. The van der Waals surface area contributed by atoms with Crippen molar-refractivity contribution < 1.29 is 9.90 Å². The molecule has 3 heterocycles. The van der Waals surface area contributed by atoms with Gasteiger partial charge in [-0.05, 0) is 25.0 Å². The molecule has 4 rings (SSSR count). The van der Waals surface area contributed by atoms with Gasteiger partial charge >= 0.3 is 0 Å². The summed E-state index contributed by atoms with van der Waals surface area (Å²) in [6.07, 6.45) is 3.28. The summed E-state index contributed by atoms with van der Waals surface area (Å²) >= 11 is 0. The van der Waals surface area contributed by atoms with Gasteiger partial charge in [0.15, 0.2) is 5.65 Å². The van der Waals surface area contributed by atoms with E-state index in [0.717, 1.165) is 18.4 Å². The van der Waals surface area contributed by atoms with Gasteiger partial charge in [-0.15, -0.1) is 0 Å². The Hall–Kier alpha value is -3.00. The van der Waals surface area contributed by atoms with Crippen molar-refractivity contribution in [2.24, 2.45) is 0 Å². The van der Waals surface area contributed by atoms with Gasteiger partial charge < -0.3 is 20.7 Å². The molecule has 0 spiro atoms. The van der Waals surface area contributed by atoms with Crippen molar-refractivity contribution in [3.63, 3.8) is 0 Å². The first-order valence-electron chi connectivity index (χ1n) is 8.16. The summed E-state index contributed by atoms with van der Waals surface area (Å²) in [5.41, 5.74) is 8.86. The molecule has 2 aromatic heterocycles. The molecule has 8 heteroatoms. The lowest BCUT2D eigenvalue weighted by atomic mass is 10.1. The van der Waals surface area contributed by atoms with Crippen molar-refractivity contribution in [3.05, 3.63) is 36.2 Å². The monoisotopic (exact) mass is 338 g/mol. The molecular formula is C17H18N6O2. The smallest absolute Gasteiger partial charge is 0.254 e. The Bertz CT molecular complexity index is 938. The van der Waals surface area contributed by atoms with E-state index in [9.17, 15) is 9.90 Å². The number of aliphatic hydroxyl groups excluding tert-OH is 1. The summed E-state index contributed by atoms with van der Waals surface area (Å²) in [6.45, 7) is 0.655. The van der Waals surface area contributed by atoms with Crippen LogP contribution < -0.4 is 5.73 Å². The molecule has 0 saturated carbocycles. The Morgan fingerprint density at radius 3 is 3.12 bits per heavy atom. The number of aliphatic hydroxyl groups is 1. The fraction of sp³-hybridized carbons (Fsp3) is 0.294. The maximum absolute atomic E-state index is 12.8. The molecule has 4 N–H and O–H groups in total. The van der Waals surface area contributed by atoms with E-state index in [1.54, 1.807) is 17.0 Å². The lowest BCUT2D eigenvalue weighted by Gasteiger charge is -2.23. The Morgan fingerprint density at radius 2 is 2.28 bits per heavy atom. The van der Waals surface area contributed by atoms with Crippen LogP contribution in [-0.2, 0) is 0 Å². The largest absolute Gasteiger partial charge is 0.394 e. The molecule has 25 heavy (non-hydrogen) atoms. The van der Waals surface area contributed by atoms with Crippen LogP contribution in [0.15, 0.2) is 30.6 Å². The molecule has 0 unspecified atom stereocenters. The minimum absolute atomic E-state index is 0.0113. The van der Waals surface area contributed by atoms with Crippen molar-refractivity contribution in [2.75, 3.05) is 18.9 Å². The number of carbonyl (C=O) groups is 1. The minimum Gasteiger partial charge on any atom is -0.394 e. The Labute approximate surface area is 143 Å². The van der Waals surface area contributed by atoms with Crippen LogP contribution in [0, 0.1) is 0 Å². The molecule has 1 aliphatic rings. The second-order valence-corrected chi connectivity index (χ2v) is 6.09. The van der Waals surface area contributed by atoms with Crippen molar-refractivity contribution >= 4 is 23.0 Å². The number of amides is 1. The highest BCUT2D eigenvalue weighted by molar-refractivity contribution is 5.97. The molecule has 0 aliphatic carbocycles. The van der Waals surface area contributed by atoms with E-state index in [1.165, 1.54) is 6.33 Å². The summed E-state index contributed by atoms with van der Waals surface area (Å²) in [4.78, 5) is 30.1. The first-order valence-corrected chi connectivity index (χ1v) is 8.16. The number of likely N-dealkylation sites (tertiary alicyclic amines) is 1. The zero-order valence-electron chi connectivity index (χ0n) is 13.5. The number of benzene rings is 1. The SMILES string of the molecule is Nc1nc(-c2cccc(C(=O)N3CCC[C@H]3CO)c2)c2[nH]cnc2n1. The second-order valence-electron chi connectivity index (χ2n) is 6.09. The third kappa shape index (κ3) is 2.70. The minimum atomic E-state index is -0.106. The van der Waals surface area contributed by atoms with Crippen LogP contribution >= 0.6 is 0 Å². The highest BCUT2D eigenvalue weighted by Gasteiger charge is 2.29. The third-order valence-electron chi connectivity index (χ3n) is 4.53. The van der Waals surface area contributed by atoms with Gasteiger partial charge in [0.25, 0.3) is 5.91 Å². The summed E-state index contributed by atoms with van der Waals surface area (Å²) < 4.78 is 0. The predicted molar refractivity (Wildman–Crippen MR) is 92.7 cm³/mol. The van der Waals surface area contributed by atoms with Crippen LogP contribution in [-0.4, -0.2) is 55.0 Å². The third-order valence-corrected chi connectivity index (χ3v) is 4.53. The van der Waals surface area contributed by atoms with E-state index < -0.39 is 0 Å². The average Bonchev–Trinajstić information content (AvgIpc) is 3.29. The molecule has 1 saturated heterocycles. The first-order chi connectivity index (χ1) is 12.2. The maximum atomic E-state index is 12.8. The average molecular weight is 338 g/mol. The van der Waals surface area contributed by atoms with Gasteiger partial charge in [0.05, 0.1) is 19.0 Å². The number of carbonyl (C=O) groups excluding carboxylic acids is 1. The fourth-order valence-electron chi connectivity index (χ4n) is 3.32. The Morgan fingerprint density at radius 1 is 1.40 bits per heavy atom. The molecule has 3 aromatic rings. The van der Waals surface area contributed by atoms with E-state index in [1.807, 2.05) is 12.1 Å². The first kappa shape index (κ1) is 15.5. The van der Waals surface area contributed by atoms with Crippen molar-refractivity contribution in [2.45, 2.75) is 18.9 Å². The molecular weight excluding hydrogens is 320 g/mol. The number of nitrogens with two attached hydrogens (primary N) is 1. The van der Waals surface area contributed by atoms with Gasteiger partial charge in [-0.2, -0.15) is 4.98 Å². The normalized spacial score (nSPS) is 17.3. The number of aromatic nitrogens is 4. The predicted octanol–water partition coefficient (Wildman–Crippen LogP) is 1.20. The van der Waals surface area contributed by atoms with Crippen LogP contribution in [0.2, 0.25) is 0 Å². The number of hydrogen-bond acceptors (Lipinski definition) is 6. The Balaban J connectivity index is 1.74. The molecule has 1 aromatic carbocycles. The summed E-state index contributed by atoms with van der Waals surface area (Å²) in [5, 5.41) is 9.45. The van der Waals surface area contributed by atoms with Gasteiger partial charge in [-0.1, -0.05) is 12.1 Å². The highest BCUT2D eigenvalue weighted by atomic mass is 16.3. The number of nitrogens with one attached hydrogen (secondary N) is 1. The van der Waals surface area contributed by atoms with E-state index >= 15 is 0 Å². The van der Waals surface area contributed by atoms with E-state index in [4.69, 9.17) is 5.73 Å². The van der Waals surface area contributed by atoms with E-state index in [2.05, 4.69) is 19.9 Å². The number of nitrogens with zero attached hydrogens (tertiary/aromatic N) is 4. The lowest BCUT2D eigenvalue weighted by molar-refractivity contribution is 0.0677. The number of fused-ring (bicyclic) bond motifs is 1. The lowest BCUT2D eigenvalue weighted by Crippen LogP contribution is -2.37. The van der Waals surface area contributed by atoms with Gasteiger partial charge in [0, 0.05) is 17.7 Å². The van der Waals surface area contributed by atoms with Crippen LogP contribution in [0.25, 0.3) is 22.4 Å². The standard InChI is InChI=1S/C17H18N6O2/c18-17-21-13(14-15(22-17)20-9-19-14)10-3-1-4-11(7-10)16(25)23-6-2-5-12(23)8-24/h1,3-4,7,9,12,24H,2,5-6,8H2,(H3,18,19,20,21,22)/t12-/m0/s1. The highest BCUT2D eigenvalue weighted by Crippen LogP contribution is 2.27. The summed E-state index contributed by atoms with van der Waals surface area (Å²) in [6, 6.07) is 7.13. The maximum Gasteiger partial charge on any atom is 0.254 e. The molecule has 8 nitrogen and oxygen atoms in total. The molecule has 1 aliphatic heterocycles. The molecule has 0 radical (unpaired) electrons. The number of anilines is 1. The number of rotatable bonds is 3. The summed E-state index contributed by atoms with van der Waals surface area (Å²) in [5.74, 6) is 0.0486. The number of nitrogen functional groups attached to an aromatic ring is 1. The second kappa shape index (κ2) is 6.14. The molecule has 0 bridgehead atoms. The molecule has 1 fully saturated rings. The van der Waals surface area contributed by atoms with Crippen LogP contribution in [0.5, 0.6) is 0 Å². The van der Waals surface area contributed by atoms with Gasteiger partial charge in [0.2, 0.25) is 5.95 Å². The van der Waals surface area contributed by atoms with Crippen LogP contribution in [0.3, 0.4) is 0 Å². The van der Waals surface area contributed by atoms with E-state index in [-0.39, 0.29) is 24.5 Å². The number of imidazole rings is 1. The van der Waals surface area contributed by atoms with Gasteiger partial charge in [0.1, 0.15) is 11.2 Å². The molecule has 128 valence electrons.